The van der Waals surface area contributed by atoms with E-state index < -0.39 is 0 Å². The summed E-state index contributed by atoms with van der Waals surface area (Å²) in [7, 11) is 0. The van der Waals surface area contributed by atoms with E-state index in [1.54, 1.807) is 18.3 Å². The van der Waals surface area contributed by atoms with E-state index >= 15 is 0 Å². The average molecular weight is 450 g/mol. The number of nitrogens with zero attached hydrogens (tertiary/aromatic N) is 2. The lowest BCUT2D eigenvalue weighted by atomic mass is 10.0. The molecule has 1 saturated heterocycles. The maximum Gasteiger partial charge on any atom is 0.123 e. The number of ether oxygens (including phenoxy) is 1. The molecule has 1 aliphatic rings. The van der Waals surface area contributed by atoms with Crippen molar-refractivity contribution in [3.63, 3.8) is 0 Å². The number of halogens is 3. The van der Waals surface area contributed by atoms with Crippen LogP contribution in [0.15, 0.2) is 73.1 Å². The molecule has 0 saturated carbocycles. The minimum Gasteiger partial charge on any atom is -0.489 e. The van der Waals surface area contributed by atoms with Crippen molar-refractivity contribution in [3.8, 4) is 5.75 Å². The molecule has 1 aliphatic heterocycles. The average Bonchev–Trinajstić information content (AvgIpc) is 2.74. The Hall–Kier alpha value is -2.18. The van der Waals surface area contributed by atoms with E-state index in [1.165, 1.54) is 11.6 Å². The minimum absolute atomic E-state index is 0. The van der Waals surface area contributed by atoms with E-state index in [4.69, 9.17) is 4.74 Å². The maximum atomic E-state index is 13.7. The molecule has 1 fully saturated rings. The summed E-state index contributed by atoms with van der Waals surface area (Å²) in [6, 6.07) is 19.2. The lowest BCUT2D eigenvalue weighted by molar-refractivity contribution is 0.153. The van der Waals surface area contributed by atoms with Crippen molar-refractivity contribution in [2.45, 2.75) is 19.2 Å². The van der Waals surface area contributed by atoms with Crippen LogP contribution in [0.25, 0.3) is 0 Å². The molecule has 0 spiro atoms. The molecule has 0 radical (unpaired) electrons. The highest BCUT2D eigenvalue weighted by molar-refractivity contribution is 5.85. The molecule has 1 atom stereocenters. The van der Waals surface area contributed by atoms with Crippen LogP contribution < -0.4 is 10.1 Å². The number of pyridine rings is 1. The van der Waals surface area contributed by atoms with Crippen LogP contribution >= 0.6 is 24.8 Å². The van der Waals surface area contributed by atoms with Crippen LogP contribution in [0.2, 0.25) is 0 Å². The monoisotopic (exact) mass is 449 g/mol. The first kappa shape index (κ1) is 24.1. The Morgan fingerprint density at radius 1 is 1.03 bits per heavy atom. The third-order valence-corrected chi connectivity index (χ3v) is 5.03. The van der Waals surface area contributed by atoms with Crippen molar-refractivity contribution < 1.29 is 9.13 Å². The lowest BCUT2D eigenvalue weighted by Gasteiger charge is -2.36. The van der Waals surface area contributed by atoms with Gasteiger partial charge in [0.2, 0.25) is 0 Å². The Labute approximate surface area is 189 Å². The summed E-state index contributed by atoms with van der Waals surface area (Å²) < 4.78 is 19.5. The fourth-order valence-corrected chi connectivity index (χ4v) is 3.55. The van der Waals surface area contributed by atoms with E-state index in [9.17, 15) is 4.39 Å². The van der Waals surface area contributed by atoms with Gasteiger partial charge < -0.3 is 10.1 Å². The molecule has 160 valence electrons. The summed E-state index contributed by atoms with van der Waals surface area (Å²) >= 11 is 0. The van der Waals surface area contributed by atoms with Crippen molar-refractivity contribution >= 4 is 24.8 Å². The standard InChI is InChI=1S/C23H24FN3O.2ClH/c24-21-5-1-4-20(13-21)23-15-26-11-12-27(23)16-18-6-8-22(9-7-18)28-17-19-3-2-10-25-14-19;;/h1-10,13-14,23,26H,11-12,15-17H2;2*1H. The van der Waals surface area contributed by atoms with Gasteiger partial charge in [-0.1, -0.05) is 30.3 Å². The number of aromatic nitrogens is 1. The summed E-state index contributed by atoms with van der Waals surface area (Å²) in [5.41, 5.74) is 3.28. The third-order valence-electron chi connectivity index (χ3n) is 5.03. The van der Waals surface area contributed by atoms with Gasteiger partial charge in [-0.15, -0.1) is 24.8 Å². The zero-order chi connectivity index (χ0) is 19.2. The highest BCUT2D eigenvalue weighted by atomic mass is 35.5. The smallest absolute Gasteiger partial charge is 0.123 e. The molecule has 4 rings (SSSR count). The second-order valence-corrected chi connectivity index (χ2v) is 7.04. The Kier molecular flexibility index (Phi) is 9.53. The molecule has 3 aromatic rings. The molecular formula is C23H26Cl2FN3O. The summed E-state index contributed by atoms with van der Waals surface area (Å²) in [5, 5.41) is 3.42. The van der Waals surface area contributed by atoms with Gasteiger partial charge in [0.15, 0.2) is 0 Å². The van der Waals surface area contributed by atoms with Crippen LogP contribution in [0.5, 0.6) is 5.75 Å². The van der Waals surface area contributed by atoms with E-state index in [-0.39, 0.29) is 36.7 Å². The fraction of sp³-hybridized carbons (Fsp3) is 0.261. The van der Waals surface area contributed by atoms with Crippen LogP contribution in [-0.4, -0.2) is 29.5 Å². The Morgan fingerprint density at radius 2 is 1.87 bits per heavy atom. The van der Waals surface area contributed by atoms with Crippen molar-refractivity contribution in [1.82, 2.24) is 15.2 Å². The Morgan fingerprint density at radius 3 is 2.60 bits per heavy atom. The van der Waals surface area contributed by atoms with Gasteiger partial charge in [0.05, 0.1) is 0 Å². The first-order chi connectivity index (χ1) is 13.8. The van der Waals surface area contributed by atoms with Gasteiger partial charge in [-0.3, -0.25) is 9.88 Å². The number of piperazine rings is 1. The number of hydrogen-bond donors (Lipinski definition) is 1. The maximum absolute atomic E-state index is 13.7. The zero-order valence-electron chi connectivity index (χ0n) is 16.5. The third kappa shape index (κ3) is 6.41. The molecule has 0 aliphatic carbocycles. The topological polar surface area (TPSA) is 37.4 Å². The van der Waals surface area contributed by atoms with Crippen LogP contribution in [0.4, 0.5) is 4.39 Å². The predicted molar refractivity (Wildman–Crippen MR) is 122 cm³/mol. The molecule has 0 bridgehead atoms. The fourth-order valence-electron chi connectivity index (χ4n) is 3.55. The predicted octanol–water partition coefficient (Wildman–Crippen LogP) is 4.79. The minimum atomic E-state index is -0.182. The van der Waals surface area contributed by atoms with Gasteiger partial charge in [0, 0.05) is 50.2 Å². The highest BCUT2D eigenvalue weighted by Crippen LogP contribution is 2.25. The number of hydrogen-bond acceptors (Lipinski definition) is 4. The van der Waals surface area contributed by atoms with E-state index in [0.29, 0.717) is 6.61 Å². The molecule has 1 aromatic heterocycles. The molecule has 0 amide bonds. The van der Waals surface area contributed by atoms with Gasteiger partial charge in [-0.2, -0.15) is 0 Å². The van der Waals surface area contributed by atoms with Gasteiger partial charge in [-0.25, -0.2) is 4.39 Å². The van der Waals surface area contributed by atoms with Crippen molar-refractivity contribution in [1.29, 1.82) is 0 Å². The molecule has 2 heterocycles. The van der Waals surface area contributed by atoms with E-state index in [2.05, 4.69) is 27.3 Å². The van der Waals surface area contributed by atoms with E-state index in [0.717, 1.165) is 43.1 Å². The summed E-state index contributed by atoms with van der Waals surface area (Å²) in [5.74, 6) is 0.660. The molecule has 2 aromatic carbocycles. The van der Waals surface area contributed by atoms with Crippen LogP contribution in [0.3, 0.4) is 0 Å². The van der Waals surface area contributed by atoms with Gasteiger partial charge in [0.25, 0.3) is 0 Å². The molecule has 1 N–H and O–H groups in total. The summed E-state index contributed by atoms with van der Waals surface area (Å²) in [6.45, 7) is 4.03. The number of nitrogens with one attached hydrogen (secondary N) is 1. The number of rotatable bonds is 6. The summed E-state index contributed by atoms with van der Waals surface area (Å²) in [6.07, 6.45) is 3.57. The SMILES string of the molecule is Cl.Cl.Fc1cccc(C2CNCCN2Cc2ccc(OCc3cccnc3)cc2)c1. The highest BCUT2D eigenvalue weighted by Gasteiger charge is 2.24. The zero-order valence-corrected chi connectivity index (χ0v) is 18.2. The second-order valence-electron chi connectivity index (χ2n) is 7.04. The molecule has 4 nitrogen and oxygen atoms in total. The van der Waals surface area contributed by atoms with Crippen LogP contribution in [-0.2, 0) is 13.2 Å². The molecule has 1 unspecified atom stereocenters. The van der Waals surface area contributed by atoms with Gasteiger partial charge in [-0.05, 0) is 41.5 Å². The first-order valence-corrected chi connectivity index (χ1v) is 9.59. The van der Waals surface area contributed by atoms with Crippen molar-refractivity contribution in [3.05, 3.63) is 95.6 Å². The van der Waals surface area contributed by atoms with Crippen LogP contribution in [0, 0.1) is 5.82 Å². The first-order valence-electron chi connectivity index (χ1n) is 9.59. The quantitative estimate of drug-likeness (QED) is 0.586. The lowest BCUT2D eigenvalue weighted by Crippen LogP contribution is -2.45. The van der Waals surface area contributed by atoms with Crippen molar-refractivity contribution in [2.75, 3.05) is 19.6 Å². The van der Waals surface area contributed by atoms with Crippen LogP contribution in [0.1, 0.15) is 22.7 Å². The van der Waals surface area contributed by atoms with Gasteiger partial charge in [0.1, 0.15) is 18.2 Å². The van der Waals surface area contributed by atoms with Gasteiger partial charge >= 0.3 is 0 Å². The summed E-state index contributed by atoms with van der Waals surface area (Å²) in [4.78, 5) is 6.50. The van der Waals surface area contributed by atoms with E-state index in [1.807, 2.05) is 36.5 Å². The van der Waals surface area contributed by atoms with Crippen molar-refractivity contribution in [2.24, 2.45) is 0 Å². The second kappa shape index (κ2) is 11.9. The molecule has 30 heavy (non-hydrogen) atoms. The largest absolute Gasteiger partial charge is 0.489 e. The number of benzene rings is 2. The normalized spacial score (nSPS) is 16.2. The Bertz CT molecular complexity index is 896. The Balaban J connectivity index is 0.00000160. The molecular weight excluding hydrogens is 424 g/mol. The molecule has 7 heteroatoms.